The van der Waals surface area contributed by atoms with E-state index in [2.05, 4.69) is 0 Å². The molecule has 1 heterocycles. The standard InChI is InChI=1S/C17H16N2O4/c20-16-7-6-12(11-18-8-2-5-17(18)21)9-15(16)13-3-1-4-14(10-13)19(22)23/h1,3-4,6-7,9-10,20H,2,5,8,11H2. The van der Waals surface area contributed by atoms with Gasteiger partial charge in [0.1, 0.15) is 5.75 Å². The van der Waals surface area contributed by atoms with Crippen LogP contribution in [0.3, 0.4) is 0 Å². The number of rotatable bonds is 4. The van der Waals surface area contributed by atoms with Crippen LogP contribution in [0.4, 0.5) is 5.69 Å². The fourth-order valence-corrected chi connectivity index (χ4v) is 2.79. The molecule has 0 radical (unpaired) electrons. The van der Waals surface area contributed by atoms with E-state index in [0.29, 0.717) is 24.1 Å². The molecule has 6 heteroatoms. The van der Waals surface area contributed by atoms with E-state index in [1.54, 1.807) is 35.2 Å². The molecule has 118 valence electrons. The van der Waals surface area contributed by atoms with E-state index in [9.17, 15) is 20.0 Å². The number of aromatic hydroxyl groups is 1. The number of likely N-dealkylation sites (tertiary alicyclic amines) is 1. The molecule has 0 bridgehead atoms. The molecule has 1 saturated heterocycles. The molecule has 1 N–H and O–H groups in total. The van der Waals surface area contributed by atoms with Crippen molar-refractivity contribution in [3.05, 3.63) is 58.1 Å². The van der Waals surface area contributed by atoms with Crippen LogP contribution >= 0.6 is 0 Å². The van der Waals surface area contributed by atoms with Crippen LogP contribution in [0.25, 0.3) is 11.1 Å². The number of nitrogens with zero attached hydrogens (tertiary/aromatic N) is 2. The minimum absolute atomic E-state index is 0.0259. The predicted octanol–water partition coefficient (Wildman–Crippen LogP) is 3.09. The van der Waals surface area contributed by atoms with Gasteiger partial charge in [-0.25, -0.2) is 0 Å². The van der Waals surface area contributed by atoms with E-state index in [-0.39, 0.29) is 17.3 Å². The third kappa shape index (κ3) is 3.15. The second kappa shape index (κ2) is 6.08. The van der Waals surface area contributed by atoms with Crippen molar-refractivity contribution in [3.63, 3.8) is 0 Å². The molecule has 0 unspecified atom stereocenters. The summed E-state index contributed by atoms with van der Waals surface area (Å²) in [7, 11) is 0. The maximum absolute atomic E-state index is 11.7. The summed E-state index contributed by atoms with van der Waals surface area (Å²) in [5.41, 5.74) is 1.96. The Bertz CT molecular complexity index is 773. The second-order valence-electron chi connectivity index (χ2n) is 5.58. The first-order valence-electron chi connectivity index (χ1n) is 7.39. The van der Waals surface area contributed by atoms with E-state index in [1.165, 1.54) is 12.1 Å². The van der Waals surface area contributed by atoms with Crippen molar-refractivity contribution in [1.82, 2.24) is 4.90 Å². The highest BCUT2D eigenvalue weighted by Crippen LogP contribution is 2.32. The van der Waals surface area contributed by atoms with Gasteiger partial charge in [-0.05, 0) is 29.7 Å². The number of phenols is 1. The van der Waals surface area contributed by atoms with Crippen LogP contribution in [0.15, 0.2) is 42.5 Å². The topological polar surface area (TPSA) is 83.7 Å². The third-order valence-corrected chi connectivity index (χ3v) is 3.97. The SMILES string of the molecule is O=C1CCCN1Cc1ccc(O)c(-c2cccc([N+](=O)[O-])c2)c1. The lowest BCUT2D eigenvalue weighted by Gasteiger charge is -2.16. The van der Waals surface area contributed by atoms with Crippen molar-refractivity contribution in [3.8, 4) is 16.9 Å². The van der Waals surface area contributed by atoms with E-state index in [4.69, 9.17) is 0 Å². The highest BCUT2D eigenvalue weighted by Gasteiger charge is 2.20. The normalized spacial score (nSPS) is 14.3. The summed E-state index contributed by atoms with van der Waals surface area (Å²) < 4.78 is 0. The van der Waals surface area contributed by atoms with Gasteiger partial charge in [0.2, 0.25) is 5.91 Å². The number of amides is 1. The minimum atomic E-state index is -0.465. The molecular formula is C17H16N2O4. The molecule has 2 aromatic rings. The first kappa shape index (κ1) is 15.0. The van der Waals surface area contributed by atoms with Crippen molar-refractivity contribution in [2.75, 3.05) is 6.54 Å². The number of hydrogen-bond donors (Lipinski definition) is 1. The number of carbonyl (C=O) groups excluding carboxylic acids is 1. The van der Waals surface area contributed by atoms with Crippen molar-refractivity contribution >= 4 is 11.6 Å². The number of nitro benzene ring substituents is 1. The Morgan fingerprint density at radius 3 is 2.74 bits per heavy atom. The third-order valence-electron chi connectivity index (χ3n) is 3.97. The Morgan fingerprint density at radius 1 is 1.22 bits per heavy atom. The average Bonchev–Trinajstić information content (AvgIpc) is 2.94. The average molecular weight is 312 g/mol. The van der Waals surface area contributed by atoms with Crippen LogP contribution in [-0.4, -0.2) is 27.4 Å². The zero-order valence-electron chi connectivity index (χ0n) is 12.4. The first-order valence-corrected chi connectivity index (χ1v) is 7.39. The molecule has 1 aliphatic heterocycles. The zero-order chi connectivity index (χ0) is 16.4. The van der Waals surface area contributed by atoms with Gasteiger partial charge >= 0.3 is 0 Å². The van der Waals surface area contributed by atoms with Crippen LogP contribution in [0.1, 0.15) is 18.4 Å². The monoisotopic (exact) mass is 312 g/mol. The molecule has 1 fully saturated rings. The van der Waals surface area contributed by atoms with Gasteiger partial charge in [-0.3, -0.25) is 14.9 Å². The van der Waals surface area contributed by atoms with Crippen molar-refractivity contribution < 1.29 is 14.8 Å². The van der Waals surface area contributed by atoms with Gasteiger partial charge in [0.15, 0.2) is 0 Å². The molecule has 0 spiro atoms. The molecule has 1 amide bonds. The molecule has 2 aromatic carbocycles. The molecule has 6 nitrogen and oxygen atoms in total. The summed E-state index contributed by atoms with van der Waals surface area (Å²) in [4.78, 5) is 23.9. The van der Waals surface area contributed by atoms with Gasteiger partial charge in [-0.2, -0.15) is 0 Å². The van der Waals surface area contributed by atoms with Gasteiger partial charge in [-0.15, -0.1) is 0 Å². The van der Waals surface area contributed by atoms with Crippen molar-refractivity contribution in [1.29, 1.82) is 0 Å². The fraction of sp³-hybridized carbons (Fsp3) is 0.235. The van der Waals surface area contributed by atoms with Crippen LogP contribution in [0.2, 0.25) is 0 Å². The van der Waals surface area contributed by atoms with Gasteiger partial charge in [-0.1, -0.05) is 18.2 Å². The maximum atomic E-state index is 11.7. The Morgan fingerprint density at radius 2 is 2.04 bits per heavy atom. The molecule has 0 atom stereocenters. The number of nitro groups is 1. The number of phenolic OH excluding ortho intramolecular Hbond substituents is 1. The molecule has 3 rings (SSSR count). The van der Waals surface area contributed by atoms with E-state index in [0.717, 1.165) is 18.5 Å². The maximum Gasteiger partial charge on any atom is 0.270 e. The van der Waals surface area contributed by atoms with E-state index < -0.39 is 4.92 Å². The summed E-state index contributed by atoms with van der Waals surface area (Å²) >= 11 is 0. The lowest BCUT2D eigenvalue weighted by molar-refractivity contribution is -0.384. The Kier molecular flexibility index (Phi) is 3.97. The highest BCUT2D eigenvalue weighted by atomic mass is 16.6. The molecule has 0 aromatic heterocycles. The zero-order valence-corrected chi connectivity index (χ0v) is 12.4. The first-order chi connectivity index (χ1) is 11.0. The van der Waals surface area contributed by atoms with Gasteiger partial charge in [0.05, 0.1) is 4.92 Å². The van der Waals surface area contributed by atoms with Gasteiger partial charge in [0, 0.05) is 37.2 Å². The predicted molar refractivity (Wildman–Crippen MR) is 84.8 cm³/mol. The molecule has 1 aliphatic rings. The lowest BCUT2D eigenvalue weighted by Crippen LogP contribution is -2.23. The van der Waals surface area contributed by atoms with Gasteiger partial charge < -0.3 is 10.0 Å². The summed E-state index contributed by atoms with van der Waals surface area (Å²) in [5, 5.41) is 21.0. The lowest BCUT2D eigenvalue weighted by atomic mass is 10.0. The van der Waals surface area contributed by atoms with E-state index >= 15 is 0 Å². The minimum Gasteiger partial charge on any atom is -0.507 e. The summed E-state index contributed by atoms with van der Waals surface area (Å²) in [6, 6.07) is 11.2. The van der Waals surface area contributed by atoms with E-state index in [1.807, 2.05) is 0 Å². The Labute approximate surface area is 133 Å². The molecule has 23 heavy (non-hydrogen) atoms. The highest BCUT2D eigenvalue weighted by molar-refractivity contribution is 5.78. The smallest absolute Gasteiger partial charge is 0.270 e. The van der Waals surface area contributed by atoms with Crippen LogP contribution in [0, 0.1) is 10.1 Å². The van der Waals surface area contributed by atoms with Crippen LogP contribution in [0.5, 0.6) is 5.75 Å². The number of carbonyl (C=O) groups is 1. The van der Waals surface area contributed by atoms with Crippen molar-refractivity contribution in [2.45, 2.75) is 19.4 Å². The molecular weight excluding hydrogens is 296 g/mol. The number of hydrogen-bond acceptors (Lipinski definition) is 4. The largest absolute Gasteiger partial charge is 0.507 e. The molecule has 0 aliphatic carbocycles. The second-order valence-corrected chi connectivity index (χ2v) is 5.58. The summed E-state index contributed by atoms with van der Waals surface area (Å²) in [6.07, 6.45) is 1.45. The summed E-state index contributed by atoms with van der Waals surface area (Å²) in [6.45, 7) is 1.23. The summed E-state index contributed by atoms with van der Waals surface area (Å²) in [5.74, 6) is 0.192. The fourth-order valence-electron chi connectivity index (χ4n) is 2.79. The number of benzene rings is 2. The van der Waals surface area contributed by atoms with Crippen LogP contribution in [-0.2, 0) is 11.3 Å². The Balaban J connectivity index is 1.93. The van der Waals surface area contributed by atoms with Crippen molar-refractivity contribution in [2.24, 2.45) is 0 Å². The molecule has 0 saturated carbocycles. The Hall–Kier alpha value is -2.89. The van der Waals surface area contributed by atoms with Gasteiger partial charge in [0.25, 0.3) is 5.69 Å². The quantitative estimate of drug-likeness (QED) is 0.694. The van der Waals surface area contributed by atoms with Crippen LogP contribution < -0.4 is 0 Å². The number of non-ortho nitro benzene ring substituents is 1.